The highest BCUT2D eigenvalue weighted by Gasteiger charge is 2.36. The van der Waals surface area contributed by atoms with Crippen LogP contribution < -0.4 is 4.90 Å². The van der Waals surface area contributed by atoms with Gasteiger partial charge < -0.3 is 9.80 Å². The molecule has 2 heterocycles. The van der Waals surface area contributed by atoms with Crippen LogP contribution in [-0.2, 0) is 14.6 Å². The Hall–Kier alpha value is -1.82. The molecule has 3 rings (SSSR count). The molecule has 5 nitrogen and oxygen atoms in total. The van der Waals surface area contributed by atoms with Crippen molar-refractivity contribution in [3.63, 3.8) is 0 Å². The Balaban J connectivity index is 2.02. The smallest absolute Gasteiger partial charge is 0.267 e. The Morgan fingerprint density at radius 2 is 1.76 bits per heavy atom. The second-order valence-electron chi connectivity index (χ2n) is 5.43. The lowest BCUT2D eigenvalue weighted by atomic mass is 10.1. The van der Waals surface area contributed by atoms with Gasteiger partial charge in [0.1, 0.15) is 0 Å². The van der Waals surface area contributed by atoms with E-state index in [0.717, 1.165) is 19.3 Å². The summed E-state index contributed by atoms with van der Waals surface area (Å²) >= 11 is 0. The van der Waals surface area contributed by atoms with Crippen LogP contribution in [0, 0.1) is 0 Å². The largest absolute Gasteiger partial charge is 0.348 e. The van der Waals surface area contributed by atoms with Crippen molar-refractivity contribution in [3.8, 4) is 0 Å². The van der Waals surface area contributed by atoms with Gasteiger partial charge in [-0.2, -0.15) is 0 Å². The van der Waals surface area contributed by atoms with E-state index in [1.165, 1.54) is 6.20 Å². The van der Waals surface area contributed by atoms with Crippen LogP contribution >= 0.6 is 0 Å². The summed E-state index contributed by atoms with van der Waals surface area (Å²) in [5.74, 6) is -0.379. The standard InChI is InChI=1S/C15H18N2O3S/c1-16-11-14(15(18)17-9-5-2-6-10-17)21(19,20)13-8-4-3-7-12(13)16/h3-4,7-8,11H,2,5-6,9-10H2,1H3. The molecule has 0 spiro atoms. The van der Waals surface area contributed by atoms with Crippen molar-refractivity contribution < 1.29 is 13.2 Å². The van der Waals surface area contributed by atoms with Crippen molar-refractivity contribution >= 4 is 21.4 Å². The van der Waals surface area contributed by atoms with Crippen molar-refractivity contribution in [2.24, 2.45) is 0 Å². The molecule has 0 unspecified atom stereocenters. The summed E-state index contributed by atoms with van der Waals surface area (Å²) in [6.45, 7) is 1.27. The number of para-hydroxylation sites is 1. The van der Waals surface area contributed by atoms with Gasteiger partial charge in [-0.05, 0) is 31.4 Å². The second kappa shape index (κ2) is 5.18. The Kier molecular flexibility index (Phi) is 3.49. The highest BCUT2D eigenvalue weighted by atomic mass is 32.2. The first-order valence-corrected chi connectivity index (χ1v) is 8.58. The first kappa shape index (κ1) is 14.1. The van der Waals surface area contributed by atoms with Crippen molar-refractivity contribution in [1.29, 1.82) is 0 Å². The number of amides is 1. The molecule has 0 aliphatic carbocycles. The summed E-state index contributed by atoms with van der Waals surface area (Å²) in [7, 11) is -1.98. The summed E-state index contributed by atoms with van der Waals surface area (Å²) in [5.41, 5.74) is 0.604. The first-order chi connectivity index (χ1) is 10.0. The number of carbonyl (C=O) groups excluding carboxylic acids is 1. The molecule has 1 aromatic rings. The molecule has 21 heavy (non-hydrogen) atoms. The number of carbonyl (C=O) groups is 1. The molecular formula is C15H18N2O3S. The fourth-order valence-electron chi connectivity index (χ4n) is 2.83. The van der Waals surface area contributed by atoms with Crippen LogP contribution in [-0.4, -0.2) is 39.4 Å². The van der Waals surface area contributed by atoms with E-state index in [4.69, 9.17) is 0 Å². The maximum absolute atomic E-state index is 12.7. The molecule has 1 saturated heterocycles. The summed E-state index contributed by atoms with van der Waals surface area (Å²) in [4.78, 5) is 16.0. The average Bonchev–Trinajstić information content (AvgIpc) is 2.51. The van der Waals surface area contributed by atoms with Crippen molar-refractivity contribution in [2.45, 2.75) is 24.2 Å². The number of sulfone groups is 1. The van der Waals surface area contributed by atoms with Gasteiger partial charge in [-0.3, -0.25) is 4.79 Å². The number of likely N-dealkylation sites (tertiary alicyclic amines) is 1. The van der Waals surface area contributed by atoms with Crippen LogP contribution in [0.15, 0.2) is 40.3 Å². The number of nitrogens with zero attached hydrogens (tertiary/aromatic N) is 2. The monoisotopic (exact) mass is 306 g/mol. The van der Waals surface area contributed by atoms with Crippen molar-refractivity contribution in [2.75, 3.05) is 25.0 Å². The number of hydrogen-bond acceptors (Lipinski definition) is 4. The Bertz CT molecular complexity index is 703. The first-order valence-electron chi connectivity index (χ1n) is 7.10. The highest BCUT2D eigenvalue weighted by molar-refractivity contribution is 7.96. The molecule has 0 saturated carbocycles. The molecule has 0 radical (unpaired) electrons. The lowest BCUT2D eigenvalue weighted by molar-refractivity contribution is -0.127. The predicted molar refractivity (Wildman–Crippen MR) is 80.5 cm³/mol. The SMILES string of the molecule is CN1C=C(C(=O)N2CCCCC2)S(=O)(=O)c2ccccc21. The number of benzene rings is 1. The van der Waals surface area contributed by atoms with Gasteiger partial charge in [-0.15, -0.1) is 0 Å². The van der Waals surface area contributed by atoms with Crippen molar-refractivity contribution in [1.82, 2.24) is 4.90 Å². The lowest BCUT2D eigenvalue weighted by Crippen LogP contribution is -2.39. The molecule has 6 heteroatoms. The molecule has 0 atom stereocenters. The molecule has 1 aromatic carbocycles. The summed E-state index contributed by atoms with van der Waals surface area (Å²) in [6.07, 6.45) is 4.41. The van der Waals surface area contributed by atoms with Crippen LogP contribution in [0.4, 0.5) is 5.69 Å². The van der Waals surface area contributed by atoms with E-state index >= 15 is 0 Å². The highest BCUT2D eigenvalue weighted by Crippen LogP contribution is 2.35. The molecule has 112 valence electrons. The van der Waals surface area contributed by atoms with Crippen LogP contribution in [0.25, 0.3) is 0 Å². The normalized spacial score (nSPS) is 20.7. The van der Waals surface area contributed by atoms with E-state index in [1.807, 2.05) is 0 Å². The number of rotatable bonds is 1. The topological polar surface area (TPSA) is 57.7 Å². The van der Waals surface area contributed by atoms with Crippen molar-refractivity contribution in [3.05, 3.63) is 35.4 Å². The molecule has 0 bridgehead atoms. The lowest BCUT2D eigenvalue weighted by Gasteiger charge is -2.30. The molecule has 2 aliphatic rings. The third-order valence-corrected chi connectivity index (χ3v) is 5.77. The minimum Gasteiger partial charge on any atom is -0.348 e. The third-order valence-electron chi connectivity index (χ3n) is 3.99. The average molecular weight is 306 g/mol. The zero-order valence-corrected chi connectivity index (χ0v) is 12.8. The summed E-state index contributed by atoms with van der Waals surface area (Å²) < 4.78 is 25.4. The minimum atomic E-state index is -3.74. The zero-order valence-electron chi connectivity index (χ0n) is 11.9. The quantitative estimate of drug-likeness (QED) is 0.793. The molecule has 0 aromatic heterocycles. The van der Waals surface area contributed by atoms with Crippen LogP contribution in [0.1, 0.15) is 19.3 Å². The van der Waals surface area contributed by atoms with Gasteiger partial charge in [-0.25, -0.2) is 8.42 Å². The van der Waals surface area contributed by atoms with E-state index in [2.05, 4.69) is 0 Å². The molecule has 0 N–H and O–H groups in total. The second-order valence-corrected chi connectivity index (χ2v) is 7.31. The molecule has 2 aliphatic heterocycles. The van der Waals surface area contributed by atoms with Gasteiger partial charge in [0.05, 0.1) is 10.6 Å². The third kappa shape index (κ3) is 2.33. The van der Waals surface area contributed by atoms with E-state index in [1.54, 1.807) is 41.1 Å². The van der Waals surface area contributed by atoms with E-state index < -0.39 is 9.84 Å². The summed E-state index contributed by atoms with van der Waals surface area (Å²) in [6, 6.07) is 6.76. The van der Waals surface area contributed by atoms with Crippen LogP contribution in [0.5, 0.6) is 0 Å². The zero-order chi connectivity index (χ0) is 15.0. The number of anilines is 1. The van der Waals surface area contributed by atoms with E-state index in [-0.39, 0.29) is 15.7 Å². The van der Waals surface area contributed by atoms with E-state index in [0.29, 0.717) is 18.8 Å². The van der Waals surface area contributed by atoms with Crippen LogP contribution in [0.2, 0.25) is 0 Å². The van der Waals surface area contributed by atoms with Gasteiger partial charge in [0, 0.05) is 26.3 Å². The summed E-state index contributed by atoms with van der Waals surface area (Å²) in [5, 5.41) is 0. The molecule has 1 fully saturated rings. The number of hydrogen-bond donors (Lipinski definition) is 0. The maximum atomic E-state index is 12.7. The Morgan fingerprint density at radius 1 is 1.10 bits per heavy atom. The Morgan fingerprint density at radius 3 is 2.48 bits per heavy atom. The predicted octanol–water partition coefficient (Wildman–Crippen LogP) is 1.76. The van der Waals surface area contributed by atoms with Gasteiger partial charge in [-0.1, -0.05) is 12.1 Å². The van der Waals surface area contributed by atoms with Gasteiger partial charge in [0.25, 0.3) is 5.91 Å². The van der Waals surface area contributed by atoms with E-state index in [9.17, 15) is 13.2 Å². The minimum absolute atomic E-state index is 0.120. The van der Waals surface area contributed by atoms with Gasteiger partial charge >= 0.3 is 0 Å². The fraction of sp³-hybridized carbons (Fsp3) is 0.400. The Labute approximate surface area is 124 Å². The van der Waals surface area contributed by atoms with Crippen LogP contribution in [0.3, 0.4) is 0 Å². The van der Waals surface area contributed by atoms with Gasteiger partial charge in [0.2, 0.25) is 9.84 Å². The molecular weight excluding hydrogens is 288 g/mol. The van der Waals surface area contributed by atoms with Gasteiger partial charge in [0.15, 0.2) is 4.91 Å². The molecule has 1 amide bonds. The number of piperidine rings is 1. The fourth-order valence-corrected chi connectivity index (χ4v) is 4.47. The number of fused-ring (bicyclic) bond motifs is 1. The maximum Gasteiger partial charge on any atom is 0.267 e.